The molecule has 5 nitrogen and oxygen atoms in total. The molecule has 0 saturated carbocycles. The molecule has 0 unspecified atom stereocenters. The monoisotopic (exact) mass is 240 g/mol. The van der Waals surface area contributed by atoms with Crippen LogP contribution in [-0.4, -0.2) is 42.0 Å². The number of nitrogens with zero attached hydrogens (tertiary/aromatic N) is 2. The van der Waals surface area contributed by atoms with Gasteiger partial charge in [0.1, 0.15) is 5.69 Å². The SMILES string of the molecule is Nc1nc(C(=O)NCCN2CCCC2)cs1. The summed E-state index contributed by atoms with van der Waals surface area (Å²) in [6.45, 7) is 3.90. The van der Waals surface area contributed by atoms with Gasteiger partial charge >= 0.3 is 0 Å². The number of aromatic nitrogens is 1. The van der Waals surface area contributed by atoms with E-state index in [0.717, 1.165) is 19.6 Å². The van der Waals surface area contributed by atoms with Gasteiger partial charge in [0.25, 0.3) is 5.91 Å². The van der Waals surface area contributed by atoms with Crippen molar-refractivity contribution in [3.8, 4) is 0 Å². The summed E-state index contributed by atoms with van der Waals surface area (Å²) >= 11 is 1.29. The number of carbonyl (C=O) groups excluding carboxylic acids is 1. The molecule has 0 spiro atoms. The summed E-state index contributed by atoms with van der Waals surface area (Å²) in [5.74, 6) is -0.132. The first-order valence-corrected chi connectivity index (χ1v) is 6.35. The summed E-state index contributed by atoms with van der Waals surface area (Å²) in [4.78, 5) is 17.9. The van der Waals surface area contributed by atoms with Gasteiger partial charge in [0.2, 0.25) is 0 Å². The summed E-state index contributed by atoms with van der Waals surface area (Å²) in [6, 6.07) is 0. The molecule has 0 radical (unpaired) electrons. The summed E-state index contributed by atoms with van der Waals surface area (Å²) in [6.07, 6.45) is 2.55. The first kappa shape index (κ1) is 11.3. The largest absolute Gasteiger partial charge is 0.375 e. The highest BCUT2D eigenvalue weighted by molar-refractivity contribution is 7.13. The minimum Gasteiger partial charge on any atom is -0.375 e. The third kappa shape index (κ3) is 2.93. The lowest BCUT2D eigenvalue weighted by atomic mass is 10.4. The van der Waals surface area contributed by atoms with Crippen LogP contribution in [0.1, 0.15) is 23.3 Å². The van der Waals surface area contributed by atoms with Crippen LogP contribution in [0.4, 0.5) is 5.13 Å². The van der Waals surface area contributed by atoms with Crippen LogP contribution in [0.2, 0.25) is 0 Å². The van der Waals surface area contributed by atoms with E-state index in [0.29, 0.717) is 17.4 Å². The maximum atomic E-state index is 11.6. The highest BCUT2D eigenvalue weighted by Gasteiger charge is 2.12. The molecule has 1 aromatic rings. The molecular weight excluding hydrogens is 224 g/mol. The molecule has 1 aliphatic heterocycles. The van der Waals surface area contributed by atoms with Gasteiger partial charge in [-0.05, 0) is 25.9 Å². The molecule has 2 rings (SSSR count). The smallest absolute Gasteiger partial charge is 0.270 e. The standard InChI is InChI=1S/C10H16N4OS/c11-10-13-8(7-16-10)9(15)12-3-6-14-4-1-2-5-14/h7H,1-6H2,(H2,11,13)(H,12,15). The first-order valence-electron chi connectivity index (χ1n) is 5.47. The molecule has 0 atom stereocenters. The second-order valence-electron chi connectivity index (χ2n) is 3.88. The highest BCUT2D eigenvalue weighted by Crippen LogP contribution is 2.10. The molecule has 2 heterocycles. The maximum Gasteiger partial charge on any atom is 0.270 e. The Labute approximate surface area is 98.7 Å². The minimum absolute atomic E-state index is 0.132. The number of hydrogen-bond donors (Lipinski definition) is 2. The lowest BCUT2D eigenvalue weighted by Crippen LogP contribution is -2.33. The van der Waals surface area contributed by atoms with Crippen molar-refractivity contribution in [2.45, 2.75) is 12.8 Å². The van der Waals surface area contributed by atoms with Crippen LogP contribution in [0.15, 0.2) is 5.38 Å². The fourth-order valence-corrected chi connectivity index (χ4v) is 2.36. The highest BCUT2D eigenvalue weighted by atomic mass is 32.1. The number of carbonyl (C=O) groups is 1. The third-order valence-corrected chi connectivity index (χ3v) is 3.34. The molecule has 3 N–H and O–H groups in total. The Morgan fingerprint density at radius 3 is 2.94 bits per heavy atom. The van der Waals surface area contributed by atoms with E-state index in [1.807, 2.05) is 0 Å². The number of likely N-dealkylation sites (tertiary alicyclic amines) is 1. The van der Waals surface area contributed by atoms with E-state index in [2.05, 4.69) is 15.2 Å². The number of nitrogens with two attached hydrogens (primary N) is 1. The van der Waals surface area contributed by atoms with Crippen LogP contribution in [0.5, 0.6) is 0 Å². The zero-order valence-electron chi connectivity index (χ0n) is 9.11. The van der Waals surface area contributed by atoms with E-state index < -0.39 is 0 Å². The van der Waals surface area contributed by atoms with E-state index in [1.165, 1.54) is 24.2 Å². The number of amides is 1. The lowest BCUT2D eigenvalue weighted by Gasteiger charge is -2.14. The summed E-state index contributed by atoms with van der Waals surface area (Å²) < 4.78 is 0. The maximum absolute atomic E-state index is 11.6. The second kappa shape index (κ2) is 5.27. The number of anilines is 1. The van der Waals surface area contributed by atoms with E-state index in [4.69, 9.17) is 5.73 Å². The topological polar surface area (TPSA) is 71.2 Å². The molecule has 1 aliphatic rings. The van der Waals surface area contributed by atoms with Crippen LogP contribution in [-0.2, 0) is 0 Å². The summed E-state index contributed by atoms with van der Waals surface area (Å²) in [7, 11) is 0. The summed E-state index contributed by atoms with van der Waals surface area (Å²) in [5, 5.41) is 4.96. The van der Waals surface area contributed by atoms with Crippen LogP contribution in [0.3, 0.4) is 0 Å². The second-order valence-corrected chi connectivity index (χ2v) is 4.77. The van der Waals surface area contributed by atoms with Gasteiger partial charge in [-0.1, -0.05) is 0 Å². The fraction of sp³-hybridized carbons (Fsp3) is 0.600. The minimum atomic E-state index is -0.132. The Morgan fingerprint density at radius 1 is 1.56 bits per heavy atom. The number of hydrogen-bond acceptors (Lipinski definition) is 5. The van der Waals surface area contributed by atoms with E-state index in [1.54, 1.807) is 5.38 Å². The molecule has 0 aliphatic carbocycles. The summed E-state index contributed by atoms with van der Waals surface area (Å²) in [5.41, 5.74) is 5.88. The van der Waals surface area contributed by atoms with Crippen LogP contribution >= 0.6 is 11.3 Å². The van der Waals surface area contributed by atoms with Gasteiger partial charge in [-0.2, -0.15) is 0 Å². The zero-order chi connectivity index (χ0) is 11.4. The molecule has 6 heteroatoms. The predicted octanol–water partition coefficient (Wildman–Crippen LogP) is 0.551. The van der Waals surface area contributed by atoms with Gasteiger partial charge in [-0.25, -0.2) is 4.98 Å². The Kier molecular flexibility index (Phi) is 3.74. The molecule has 0 bridgehead atoms. The molecule has 1 aromatic heterocycles. The van der Waals surface area contributed by atoms with Crippen molar-refractivity contribution in [1.29, 1.82) is 0 Å². The number of thiazole rings is 1. The van der Waals surface area contributed by atoms with Gasteiger partial charge in [0.15, 0.2) is 5.13 Å². The van der Waals surface area contributed by atoms with E-state index in [-0.39, 0.29) is 5.91 Å². The molecular formula is C10H16N4OS. The van der Waals surface area contributed by atoms with Gasteiger partial charge < -0.3 is 16.0 Å². The van der Waals surface area contributed by atoms with Crippen molar-refractivity contribution in [2.75, 3.05) is 31.9 Å². The van der Waals surface area contributed by atoms with Crippen LogP contribution < -0.4 is 11.1 Å². The third-order valence-electron chi connectivity index (χ3n) is 2.67. The van der Waals surface area contributed by atoms with Crippen molar-refractivity contribution in [2.24, 2.45) is 0 Å². The molecule has 1 amide bonds. The molecule has 88 valence electrons. The number of nitrogen functional groups attached to an aromatic ring is 1. The number of rotatable bonds is 4. The quantitative estimate of drug-likeness (QED) is 0.806. The fourth-order valence-electron chi connectivity index (χ4n) is 1.82. The number of nitrogens with one attached hydrogen (secondary N) is 1. The first-order chi connectivity index (χ1) is 7.75. The van der Waals surface area contributed by atoms with Crippen molar-refractivity contribution in [3.63, 3.8) is 0 Å². The van der Waals surface area contributed by atoms with E-state index >= 15 is 0 Å². The van der Waals surface area contributed by atoms with Crippen molar-refractivity contribution in [3.05, 3.63) is 11.1 Å². The Hall–Kier alpha value is -1.14. The lowest BCUT2D eigenvalue weighted by molar-refractivity contribution is 0.0945. The molecule has 16 heavy (non-hydrogen) atoms. The average molecular weight is 240 g/mol. The van der Waals surface area contributed by atoms with E-state index in [9.17, 15) is 4.79 Å². The average Bonchev–Trinajstić information content (AvgIpc) is 2.89. The van der Waals surface area contributed by atoms with Gasteiger partial charge in [-0.3, -0.25) is 4.79 Å². The van der Waals surface area contributed by atoms with Crippen molar-refractivity contribution >= 4 is 22.4 Å². The van der Waals surface area contributed by atoms with Crippen LogP contribution in [0, 0.1) is 0 Å². The predicted molar refractivity (Wildman–Crippen MR) is 64.5 cm³/mol. The van der Waals surface area contributed by atoms with Crippen LogP contribution in [0.25, 0.3) is 0 Å². The Morgan fingerprint density at radius 2 is 2.31 bits per heavy atom. The van der Waals surface area contributed by atoms with Crippen molar-refractivity contribution in [1.82, 2.24) is 15.2 Å². The molecule has 1 saturated heterocycles. The van der Waals surface area contributed by atoms with Gasteiger partial charge in [-0.15, -0.1) is 11.3 Å². The Bertz CT molecular complexity index is 359. The normalized spacial score (nSPS) is 16.5. The zero-order valence-corrected chi connectivity index (χ0v) is 9.92. The van der Waals surface area contributed by atoms with Gasteiger partial charge in [0, 0.05) is 18.5 Å². The van der Waals surface area contributed by atoms with Crippen molar-refractivity contribution < 1.29 is 4.79 Å². The molecule has 0 aromatic carbocycles. The Balaban J connectivity index is 1.71. The molecule has 1 fully saturated rings. The van der Waals surface area contributed by atoms with Gasteiger partial charge in [0.05, 0.1) is 0 Å².